The van der Waals surface area contributed by atoms with Gasteiger partial charge in [-0.2, -0.15) is 0 Å². The Morgan fingerprint density at radius 1 is 1.33 bits per heavy atom. The number of ether oxygens (including phenoxy) is 1. The van der Waals surface area contributed by atoms with Gasteiger partial charge in [0.2, 0.25) is 0 Å². The van der Waals surface area contributed by atoms with E-state index in [0.717, 1.165) is 25.7 Å². The summed E-state index contributed by atoms with van der Waals surface area (Å²) < 4.78 is 5.75. The standard InChI is InChI=1S/C13H27NO/c1-4-14-13(11(2)3)10-15-9-8-12-6-5-7-12/h11-14H,4-10H2,1-3H3. The Hall–Kier alpha value is -0.0800. The molecule has 0 saturated heterocycles. The van der Waals surface area contributed by atoms with E-state index in [1.165, 1.54) is 25.7 Å². The Morgan fingerprint density at radius 3 is 2.53 bits per heavy atom. The molecule has 0 amide bonds. The first-order valence-corrected chi connectivity index (χ1v) is 6.55. The summed E-state index contributed by atoms with van der Waals surface area (Å²) in [6.45, 7) is 9.53. The van der Waals surface area contributed by atoms with Gasteiger partial charge in [-0.1, -0.05) is 40.0 Å². The summed E-state index contributed by atoms with van der Waals surface area (Å²) in [6.07, 6.45) is 5.59. The van der Waals surface area contributed by atoms with Crippen molar-refractivity contribution >= 4 is 0 Å². The zero-order valence-corrected chi connectivity index (χ0v) is 10.6. The molecule has 0 aliphatic heterocycles. The molecule has 0 aromatic carbocycles. The molecule has 2 nitrogen and oxygen atoms in total. The van der Waals surface area contributed by atoms with Gasteiger partial charge in [-0.05, 0) is 24.8 Å². The van der Waals surface area contributed by atoms with Gasteiger partial charge in [-0.3, -0.25) is 0 Å². The highest BCUT2D eigenvalue weighted by Gasteiger charge is 2.17. The highest BCUT2D eigenvalue weighted by molar-refractivity contribution is 4.71. The average Bonchev–Trinajstić information content (AvgIpc) is 2.12. The van der Waals surface area contributed by atoms with Crippen LogP contribution in [0.1, 0.15) is 46.5 Å². The van der Waals surface area contributed by atoms with Crippen LogP contribution in [0.25, 0.3) is 0 Å². The third-order valence-corrected chi connectivity index (χ3v) is 3.46. The van der Waals surface area contributed by atoms with E-state index in [-0.39, 0.29) is 0 Å². The second-order valence-electron chi connectivity index (χ2n) is 5.07. The Balaban J connectivity index is 1.99. The van der Waals surface area contributed by atoms with E-state index in [1.54, 1.807) is 0 Å². The lowest BCUT2D eigenvalue weighted by molar-refractivity contribution is 0.0791. The lowest BCUT2D eigenvalue weighted by atomic mass is 9.83. The first-order valence-electron chi connectivity index (χ1n) is 6.55. The van der Waals surface area contributed by atoms with Crippen LogP contribution in [0.2, 0.25) is 0 Å². The average molecular weight is 213 g/mol. The summed E-state index contributed by atoms with van der Waals surface area (Å²) in [5.74, 6) is 1.63. The van der Waals surface area contributed by atoms with Crippen molar-refractivity contribution in [3.63, 3.8) is 0 Å². The van der Waals surface area contributed by atoms with Gasteiger partial charge in [0.25, 0.3) is 0 Å². The van der Waals surface area contributed by atoms with Crippen LogP contribution in [0.3, 0.4) is 0 Å². The summed E-state index contributed by atoms with van der Waals surface area (Å²) in [6, 6.07) is 0.524. The van der Waals surface area contributed by atoms with E-state index >= 15 is 0 Å². The molecule has 90 valence electrons. The van der Waals surface area contributed by atoms with E-state index < -0.39 is 0 Å². The number of hydrogen-bond acceptors (Lipinski definition) is 2. The molecule has 0 aromatic heterocycles. The van der Waals surface area contributed by atoms with Crippen molar-refractivity contribution in [1.29, 1.82) is 0 Å². The molecule has 1 aliphatic carbocycles. The fourth-order valence-electron chi connectivity index (χ4n) is 1.99. The van der Waals surface area contributed by atoms with Crippen molar-refractivity contribution < 1.29 is 4.74 Å². The molecule has 15 heavy (non-hydrogen) atoms. The van der Waals surface area contributed by atoms with Crippen molar-refractivity contribution in [2.45, 2.75) is 52.5 Å². The first kappa shape index (κ1) is 13.0. The quantitative estimate of drug-likeness (QED) is 0.626. The van der Waals surface area contributed by atoms with Crippen LogP contribution in [0.5, 0.6) is 0 Å². The van der Waals surface area contributed by atoms with Crippen molar-refractivity contribution in [3.05, 3.63) is 0 Å². The number of nitrogens with one attached hydrogen (secondary N) is 1. The van der Waals surface area contributed by atoms with E-state index in [9.17, 15) is 0 Å². The van der Waals surface area contributed by atoms with Crippen molar-refractivity contribution in [3.8, 4) is 0 Å². The molecule has 2 heteroatoms. The summed E-state index contributed by atoms with van der Waals surface area (Å²) in [5, 5.41) is 3.47. The fraction of sp³-hybridized carbons (Fsp3) is 1.00. The van der Waals surface area contributed by atoms with Crippen LogP contribution in [0.15, 0.2) is 0 Å². The second-order valence-corrected chi connectivity index (χ2v) is 5.07. The zero-order valence-electron chi connectivity index (χ0n) is 10.6. The molecular weight excluding hydrogens is 186 g/mol. The maximum Gasteiger partial charge on any atom is 0.0622 e. The fourth-order valence-corrected chi connectivity index (χ4v) is 1.99. The molecule has 0 aromatic rings. The predicted octanol–water partition coefficient (Wildman–Crippen LogP) is 2.83. The number of hydrogen-bond donors (Lipinski definition) is 1. The third kappa shape index (κ3) is 4.98. The second kappa shape index (κ2) is 7.24. The lowest BCUT2D eigenvalue weighted by Crippen LogP contribution is -2.38. The van der Waals surface area contributed by atoms with Gasteiger partial charge in [0, 0.05) is 12.6 Å². The van der Waals surface area contributed by atoms with Crippen molar-refractivity contribution in [2.24, 2.45) is 11.8 Å². The minimum atomic E-state index is 0.524. The topological polar surface area (TPSA) is 21.3 Å². The molecule has 0 bridgehead atoms. The van der Waals surface area contributed by atoms with Gasteiger partial charge in [-0.25, -0.2) is 0 Å². The molecule has 1 saturated carbocycles. The zero-order chi connectivity index (χ0) is 11.1. The molecule has 1 rings (SSSR count). The van der Waals surface area contributed by atoms with Crippen LogP contribution < -0.4 is 5.32 Å². The lowest BCUT2D eigenvalue weighted by Gasteiger charge is -2.26. The molecule has 0 heterocycles. The summed E-state index contributed by atoms with van der Waals surface area (Å²) in [7, 11) is 0. The smallest absolute Gasteiger partial charge is 0.0622 e. The predicted molar refractivity (Wildman–Crippen MR) is 65.1 cm³/mol. The van der Waals surface area contributed by atoms with Gasteiger partial charge < -0.3 is 10.1 Å². The minimum absolute atomic E-state index is 0.524. The Kier molecular flexibility index (Phi) is 6.26. The van der Waals surface area contributed by atoms with E-state index in [4.69, 9.17) is 4.74 Å². The van der Waals surface area contributed by atoms with Gasteiger partial charge in [-0.15, -0.1) is 0 Å². The minimum Gasteiger partial charge on any atom is -0.380 e. The van der Waals surface area contributed by atoms with Crippen LogP contribution in [-0.2, 0) is 4.74 Å². The van der Waals surface area contributed by atoms with E-state index in [1.807, 2.05) is 0 Å². The molecule has 0 radical (unpaired) electrons. The van der Waals surface area contributed by atoms with E-state index in [0.29, 0.717) is 12.0 Å². The highest BCUT2D eigenvalue weighted by Crippen LogP contribution is 2.29. The largest absolute Gasteiger partial charge is 0.380 e. The third-order valence-electron chi connectivity index (χ3n) is 3.46. The summed E-state index contributed by atoms with van der Waals surface area (Å²) in [4.78, 5) is 0. The Morgan fingerprint density at radius 2 is 2.07 bits per heavy atom. The number of rotatable bonds is 8. The van der Waals surface area contributed by atoms with Crippen LogP contribution in [0.4, 0.5) is 0 Å². The number of likely N-dealkylation sites (N-methyl/N-ethyl adjacent to an activating group) is 1. The summed E-state index contributed by atoms with van der Waals surface area (Å²) >= 11 is 0. The van der Waals surface area contributed by atoms with Crippen molar-refractivity contribution in [2.75, 3.05) is 19.8 Å². The van der Waals surface area contributed by atoms with Crippen LogP contribution in [-0.4, -0.2) is 25.8 Å². The highest BCUT2D eigenvalue weighted by atomic mass is 16.5. The van der Waals surface area contributed by atoms with Gasteiger partial charge in [0.05, 0.1) is 6.61 Å². The Bertz CT molecular complexity index is 155. The molecule has 1 N–H and O–H groups in total. The SMILES string of the molecule is CCNC(COCCC1CCC1)C(C)C. The van der Waals surface area contributed by atoms with Crippen LogP contribution in [0, 0.1) is 11.8 Å². The molecule has 0 spiro atoms. The molecular formula is C13H27NO. The van der Waals surface area contributed by atoms with E-state index in [2.05, 4.69) is 26.1 Å². The maximum atomic E-state index is 5.75. The molecule has 1 unspecified atom stereocenters. The summed E-state index contributed by atoms with van der Waals surface area (Å²) in [5.41, 5.74) is 0. The monoisotopic (exact) mass is 213 g/mol. The molecule has 1 fully saturated rings. The van der Waals surface area contributed by atoms with Gasteiger partial charge >= 0.3 is 0 Å². The normalized spacial score (nSPS) is 19.2. The van der Waals surface area contributed by atoms with Gasteiger partial charge in [0.1, 0.15) is 0 Å². The molecule has 1 aliphatic rings. The maximum absolute atomic E-state index is 5.75. The first-order chi connectivity index (χ1) is 7.24. The van der Waals surface area contributed by atoms with Crippen molar-refractivity contribution in [1.82, 2.24) is 5.32 Å². The van der Waals surface area contributed by atoms with Crippen LogP contribution >= 0.6 is 0 Å². The molecule has 1 atom stereocenters. The van der Waals surface area contributed by atoms with Gasteiger partial charge in [0.15, 0.2) is 0 Å². The Labute approximate surface area is 94.8 Å².